The van der Waals surface area contributed by atoms with Gasteiger partial charge >= 0.3 is 12.2 Å². The number of urea groups is 1. The number of pyridine rings is 1. The van der Waals surface area contributed by atoms with Gasteiger partial charge in [-0.25, -0.2) is 9.78 Å². The first-order valence-electron chi connectivity index (χ1n) is 11.6. The van der Waals surface area contributed by atoms with Crippen molar-refractivity contribution in [1.82, 2.24) is 25.0 Å². The predicted molar refractivity (Wildman–Crippen MR) is 130 cm³/mol. The van der Waals surface area contributed by atoms with Gasteiger partial charge in [-0.1, -0.05) is 29.8 Å². The molecule has 7 nitrogen and oxygen atoms in total. The zero-order valence-corrected chi connectivity index (χ0v) is 20.6. The maximum atomic E-state index is 13.3. The van der Waals surface area contributed by atoms with E-state index in [9.17, 15) is 18.0 Å². The van der Waals surface area contributed by atoms with Gasteiger partial charge < -0.3 is 16.0 Å². The van der Waals surface area contributed by atoms with Crippen molar-refractivity contribution in [2.75, 3.05) is 18.8 Å². The number of nitrogens with zero attached hydrogens (tertiary/aromatic N) is 4. The highest BCUT2D eigenvalue weighted by molar-refractivity contribution is 6.31. The van der Waals surface area contributed by atoms with Crippen LogP contribution in [0.25, 0.3) is 11.3 Å². The molecule has 1 spiro atoms. The first-order valence-corrected chi connectivity index (χ1v) is 12.0. The summed E-state index contributed by atoms with van der Waals surface area (Å²) in [6.07, 6.45) is -1.75. The Morgan fingerprint density at radius 1 is 1.14 bits per heavy atom. The number of nitrogen functional groups attached to an aromatic ring is 1. The summed E-state index contributed by atoms with van der Waals surface area (Å²) < 4.78 is 41.8. The van der Waals surface area contributed by atoms with Crippen LogP contribution in [0, 0.1) is 0 Å². The van der Waals surface area contributed by atoms with Crippen LogP contribution in [0.3, 0.4) is 0 Å². The zero-order valence-electron chi connectivity index (χ0n) is 19.9. The number of aryl methyl sites for hydroxylation is 1. The number of carbonyl (C=O) groups excluding carboxylic acids is 1. The number of anilines is 1. The number of hydrogen-bond acceptors (Lipinski definition) is 4. The molecule has 1 aromatic carbocycles. The summed E-state index contributed by atoms with van der Waals surface area (Å²) in [5.41, 5.74) is 5.90. The maximum absolute atomic E-state index is 13.3. The van der Waals surface area contributed by atoms with E-state index in [4.69, 9.17) is 17.3 Å². The Hall–Kier alpha value is -3.27. The molecule has 2 amide bonds. The molecular formula is C25H26ClF3N6O. The summed E-state index contributed by atoms with van der Waals surface area (Å²) in [6, 6.07) is 10.0. The number of nitrogens with two attached hydrogens (primary N) is 1. The Balaban J connectivity index is 1.36. The van der Waals surface area contributed by atoms with Gasteiger partial charge in [0, 0.05) is 47.5 Å². The largest absolute Gasteiger partial charge is 0.419 e. The minimum atomic E-state index is -4.60. The molecule has 190 valence electrons. The van der Waals surface area contributed by atoms with Crippen molar-refractivity contribution in [2.24, 2.45) is 0 Å². The lowest BCUT2D eigenvalue weighted by Crippen LogP contribution is -2.48. The minimum absolute atomic E-state index is 0.187. The van der Waals surface area contributed by atoms with E-state index in [0.29, 0.717) is 30.4 Å². The molecule has 2 aromatic heterocycles. The lowest BCUT2D eigenvalue weighted by atomic mass is 9.82. The smallest absolute Gasteiger partial charge is 0.383 e. The quantitative estimate of drug-likeness (QED) is 0.499. The topological polar surface area (TPSA) is 89.1 Å². The number of likely N-dealkylation sites (tertiary alicyclic amines) is 1. The molecule has 11 heteroatoms. The van der Waals surface area contributed by atoms with Crippen molar-refractivity contribution in [2.45, 2.75) is 50.4 Å². The molecule has 1 atom stereocenters. The zero-order chi connectivity index (χ0) is 25.9. The maximum Gasteiger partial charge on any atom is 0.419 e. The van der Waals surface area contributed by atoms with Crippen LogP contribution in [0.4, 0.5) is 23.8 Å². The lowest BCUT2D eigenvalue weighted by molar-refractivity contribution is -0.137. The summed E-state index contributed by atoms with van der Waals surface area (Å²) >= 11 is 6.35. The third-order valence-electron chi connectivity index (χ3n) is 7.25. The van der Waals surface area contributed by atoms with Gasteiger partial charge in [-0.15, -0.1) is 0 Å². The first-order chi connectivity index (χ1) is 16.9. The molecule has 1 saturated heterocycles. The van der Waals surface area contributed by atoms with E-state index in [1.165, 1.54) is 6.20 Å². The molecule has 36 heavy (non-hydrogen) atoms. The van der Waals surface area contributed by atoms with E-state index in [0.717, 1.165) is 30.2 Å². The second-order valence-corrected chi connectivity index (χ2v) is 10.4. The van der Waals surface area contributed by atoms with Crippen LogP contribution in [-0.2, 0) is 23.7 Å². The van der Waals surface area contributed by atoms with Gasteiger partial charge in [0.1, 0.15) is 5.82 Å². The molecule has 2 aliphatic rings. The fourth-order valence-corrected chi connectivity index (χ4v) is 5.66. The van der Waals surface area contributed by atoms with E-state index in [1.54, 1.807) is 11.0 Å². The average molecular weight is 519 g/mol. The Kier molecular flexibility index (Phi) is 5.70. The lowest BCUT2D eigenvalue weighted by Gasteiger charge is -2.31. The summed E-state index contributed by atoms with van der Waals surface area (Å²) in [5.74, 6) is -0.563. The Labute approximate surface area is 211 Å². The second-order valence-electron chi connectivity index (χ2n) is 10.0. The van der Waals surface area contributed by atoms with E-state index in [2.05, 4.69) is 15.4 Å². The number of benzene rings is 1. The Morgan fingerprint density at radius 2 is 1.86 bits per heavy atom. The van der Waals surface area contributed by atoms with E-state index in [1.807, 2.05) is 42.8 Å². The van der Waals surface area contributed by atoms with Crippen molar-refractivity contribution < 1.29 is 18.0 Å². The normalized spacial score (nSPS) is 19.7. The molecule has 0 radical (unpaired) electrons. The van der Waals surface area contributed by atoms with Gasteiger partial charge in [0.25, 0.3) is 0 Å². The number of hydrogen-bond donors (Lipinski definition) is 2. The highest BCUT2D eigenvalue weighted by Gasteiger charge is 2.47. The summed E-state index contributed by atoms with van der Waals surface area (Å²) in [7, 11) is 0. The Bertz CT molecular complexity index is 1340. The number of amides is 2. The van der Waals surface area contributed by atoms with Crippen LogP contribution in [0.1, 0.15) is 43.5 Å². The van der Waals surface area contributed by atoms with Crippen LogP contribution in [0.15, 0.2) is 42.6 Å². The van der Waals surface area contributed by atoms with Crippen LogP contribution < -0.4 is 11.1 Å². The fraction of sp³-hybridized carbons (Fsp3) is 0.400. The molecule has 0 unspecified atom stereocenters. The average Bonchev–Trinajstić information content (AvgIpc) is 3.50. The molecule has 1 fully saturated rings. The second kappa shape index (κ2) is 8.40. The number of nitrogens with one attached hydrogen (secondary N) is 1. The monoisotopic (exact) mass is 518 g/mol. The van der Waals surface area contributed by atoms with Gasteiger partial charge in [-0.05, 0) is 50.5 Å². The van der Waals surface area contributed by atoms with Gasteiger partial charge in [0.2, 0.25) is 0 Å². The number of rotatable bonds is 3. The van der Waals surface area contributed by atoms with E-state index < -0.39 is 23.1 Å². The standard InChI is InChI=1S/C25H26ClF3N6O/c1-23(2,16-5-3-4-6-18(16)26)32-22(36)34-9-7-24(14-34)8-10-35-20(24)12-19(33-35)15-11-17(25(27,28)29)21(30)31-13-15/h3-6,11-13H,7-10,14H2,1-2H3,(H2,30,31)(H,32,36)/t24-/m1/s1. The molecule has 0 saturated carbocycles. The number of fused-ring (bicyclic) bond motifs is 2. The van der Waals surface area contributed by atoms with Crippen molar-refractivity contribution in [1.29, 1.82) is 0 Å². The number of aromatic nitrogens is 3. The van der Waals surface area contributed by atoms with Gasteiger partial charge in [-0.3, -0.25) is 4.68 Å². The molecule has 0 bridgehead atoms. The first kappa shape index (κ1) is 24.4. The fourth-order valence-electron chi connectivity index (χ4n) is 5.29. The van der Waals surface area contributed by atoms with Crippen molar-refractivity contribution >= 4 is 23.4 Å². The highest BCUT2D eigenvalue weighted by atomic mass is 35.5. The third-order valence-corrected chi connectivity index (χ3v) is 7.58. The van der Waals surface area contributed by atoms with Crippen LogP contribution in [-0.4, -0.2) is 38.8 Å². The summed E-state index contributed by atoms with van der Waals surface area (Å²) in [6.45, 7) is 5.50. The molecule has 0 aliphatic carbocycles. The molecular weight excluding hydrogens is 493 g/mol. The molecule has 2 aliphatic heterocycles. The van der Waals surface area contributed by atoms with Crippen LogP contribution >= 0.6 is 11.6 Å². The minimum Gasteiger partial charge on any atom is -0.383 e. The molecule has 3 aromatic rings. The number of alkyl halides is 3. The van der Waals surface area contributed by atoms with Crippen molar-refractivity contribution in [3.8, 4) is 11.3 Å². The molecule has 4 heterocycles. The van der Waals surface area contributed by atoms with Gasteiger partial charge in [-0.2, -0.15) is 18.3 Å². The summed E-state index contributed by atoms with van der Waals surface area (Å²) in [5, 5.41) is 8.22. The van der Waals surface area contributed by atoms with E-state index in [-0.39, 0.29) is 17.0 Å². The predicted octanol–water partition coefficient (Wildman–Crippen LogP) is 5.19. The van der Waals surface area contributed by atoms with Gasteiger partial charge in [0.15, 0.2) is 0 Å². The third kappa shape index (κ3) is 4.17. The van der Waals surface area contributed by atoms with Gasteiger partial charge in [0.05, 0.1) is 16.8 Å². The van der Waals surface area contributed by atoms with Crippen molar-refractivity contribution in [3.05, 3.63) is 64.4 Å². The number of halogens is 4. The van der Waals surface area contributed by atoms with E-state index >= 15 is 0 Å². The number of carbonyl (C=O) groups is 1. The molecule has 3 N–H and O–H groups in total. The van der Waals surface area contributed by atoms with Crippen LogP contribution in [0.5, 0.6) is 0 Å². The molecule has 5 rings (SSSR count). The van der Waals surface area contributed by atoms with Crippen LogP contribution in [0.2, 0.25) is 5.02 Å². The highest BCUT2D eigenvalue weighted by Crippen LogP contribution is 2.44. The van der Waals surface area contributed by atoms with Crippen molar-refractivity contribution in [3.63, 3.8) is 0 Å². The summed E-state index contributed by atoms with van der Waals surface area (Å²) in [4.78, 5) is 18.7. The Morgan fingerprint density at radius 3 is 2.58 bits per heavy atom. The SMILES string of the molecule is CC(C)(NC(=O)N1CC[C@@]2(CCn3nc(-c4cnc(N)c(C(F)(F)F)c4)cc32)C1)c1ccccc1Cl.